The van der Waals surface area contributed by atoms with Gasteiger partial charge in [-0.15, -0.1) is 0 Å². The fourth-order valence-corrected chi connectivity index (χ4v) is 2.30. The molecule has 0 aromatic carbocycles. The molecular weight excluding hydrogens is 222 g/mol. The van der Waals surface area contributed by atoms with E-state index in [1.807, 2.05) is 13.8 Å². The van der Waals surface area contributed by atoms with Gasteiger partial charge in [0.25, 0.3) is 0 Å². The number of likely N-dealkylation sites (tertiary alicyclic amines) is 1. The molecule has 0 saturated carbocycles. The molecule has 1 saturated heterocycles. The summed E-state index contributed by atoms with van der Waals surface area (Å²) in [6, 6.07) is 0. The second kappa shape index (κ2) is 4.13. The molecule has 17 heavy (non-hydrogen) atoms. The smallest absolute Gasteiger partial charge is 0.305 e. The van der Waals surface area contributed by atoms with Gasteiger partial charge in [-0.25, -0.2) is 0 Å². The SMILES string of the molecule is CC1(C)CC(=O)N(C(C)(C)CC(=O)O)C(=O)C1. The normalized spacial score (nSPS) is 20.6. The van der Waals surface area contributed by atoms with E-state index in [9.17, 15) is 14.4 Å². The third-order valence-electron chi connectivity index (χ3n) is 2.95. The third-order valence-corrected chi connectivity index (χ3v) is 2.95. The van der Waals surface area contributed by atoms with Gasteiger partial charge in [-0.3, -0.25) is 19.3 Å². The van der Waals surface area contributed by atoms with Crippen LogP contribution in [0.15, 0.2) is 0 Å². The topological polar surface area (TPSA) is 74.7 Å². The number of nitrogens with zero attached hydrogens (tertiary/aromatic N) is 1. The van der Waals surface area contributed by atoms with Crippen LogP contribution in [0.25, 0.3) is 0 Å². The zero-order chi connectivity index (χ0) is 13.4. The molecule has 1 aliphatic heterocycles. The van der Waals surface area contributed by atoms with Crippen molar-refractivity contribution in [1.29, 1.82) is 0 Å². The number of rotatable bonds is 3. The Balaban J connectivity index is 2.95. The zero-order valence-electron chi connectivity index (χ0n) is 10.7. The lowest BCUT2D eigenvalue weighted by Gasteiger charge is -2.42. The molecule has 0 bridgehead atoms. The summed E-state index contributed by atoms with van der Waals surface area (Å²) in [6.45, 7) is 6.94. The molecule has 1 heterocycles. The fourth-order valence-electron chi connectivity index (χ4n) is 2.30. The Morgan fingerprint density at radius 3 is 2.06 bits per heavy atom. The van der Waals surface area contributed by atoms with Crippen LogP contribution in [-0.4, -0.2) is 33.3 Å². The minimum atomic E-state index is -1.01. The molecule has 1 fully saturated rings. The first-order valence-electron chi connectivity index (χ1n) is 5.63. The molecule has 5 nitrogen and oxygen atoms in total. The molecule has 0 radical (unpaired) electrons. The minimum Gasteiger partial charge on any atom is -0.481 e. The molecule has 1 rings (SSSR count). The number of piperidine rings is 1. The van der Waals surface area contributed by atoms with E-state index in [1.165, 1.54) is 0 Å². The van der Waals surface area contributed by atoms with Crippen LogP contribution in [0, 0.1) is 5.41 Å². The summed E-state index contributed by atoms with van der Waals surface area (Å²) in [6.07, 6.45) is 0.328. The quantitative estimate of drug-likeness (QED) is 0.758. The van der Waals surface area contributed by atoms with E-state index in [0.717, 1.165) is 4.90 Å². The summed E-state index contributed by atoms with van der Waals surface area (Å²) in [5.41, 5.74) is -1.29. The molecule has 2 amide bonds. The summed E-state index contributed by atoms with van der Waals surface area (Å²) in [5.74, 6) is -1.57. The second-order valence-corrected chi connectivity index (χ2v) is 6.02. The average molecular weight is 241 g/mol. The maximum atomic E-state index is 12.0. The molecule has 0 atom stereocenters. The van der Waals surface area contributed by atoms with Gasteiger partial charge in [-0.1, -0.05) is 13.8 Å². The van der Waals surface area contributed by atoms with Crippen LogP contribution >= 0.6 is 0 Å². The highest BCUT2D eigenvalue weighted by molar-refractivity contribution is 5.99. The summed E-state index contributed by atoms with van der Waals surface area (Å²) < 4.78 is 0. The molecule has 0 aromatic rings. The lowest BCUT2D eigenvalue weighted by molar-refractivity contribution is -0.160. The average Bonchev–Trinajstić information content (AvgIpc) is 1.93. The van der Waals surface area contributed by atoms with Crippen LogP contribution in [0.5, 0.6) is 0 Å². The maximum absolute atomic E-state index is 12.0. The van der Waals surface area contributed by atoms with E-state index in [0.29, 0.717) is 0 Å². The number of hydrogen-bond acceptors (Lipinski definition) is 3. The number of aliphatic carboxylic acids is 1. The van der Waals surface area contributed by atoms with Crippen molar-refractivity contribution in [3.05, 3.63) is 0 Å². The first-order valence-corrected chi connectivity index (χ1v) is 5.63. The largest absolute Gasteiger partial charge is 0.481 e. The number of carboxylic acids is 1. The summed E-state index contributed by atoms with van der Waals surface area (Å²) >= 11 is 0. The predicted octanol–water partition coefficient (Wildman–Crippen LogP) is 1.41. The van der Waals surface area contributed by atoms with Gasteiger partial charge < -0.3 is 5.11 Å². The molecule has 96 valence electrons. The molecule has 0 aliphatic carbocycles. The maximum Gasteiger partial charge on any atom is 0.305 e. The van der Waals surface area contributed by atoms with Crippen LogP contribution in [0.3, 0.4) is 0 Å². The van der Waals surface area contributed by atoms with Crippen molar-refractivity contribution in [2.75, 3.05) is 0 Å². The summed E-state index contributed by atoms with van der Waals surface area (Å²) in [4.78, 5) is 35.8. The number of carboxylic acid groups (broad SMARTS) is 1. The van der Waals surface area contributed by atoms with E-state index >= 15 is 0 Å². The van der Waals surface area contributed by atoms with E-state index in [2.05, 4.69) is 0 Å². The first kappa shape index (κ1) is 13.7. The Morgan fingerprint density at radius 1 is 1.29 bits per heavy atom. The van der Waals surface area contributed by atoms with Crippen molar-refractivity contribution in [3.8, 4) is 0 Å². The standard InChI is InChI=1S/C12H19NO4/c1-11(2)5-8(14)13(9(15)6-11)12(3,4)7-10(16)17/h5-7H2,1-4H3,(H,16,17). The second-order valence-electron chi connectivity index (χ2n) is 6.02. The molecule has 0 aromatic heterocycles. The van der Waals surface area contributed by atoms with Crippen LogP contribution in [-0.2, 0) is 14.4 Å². The lowest BCUT2D eigenvalue weighted by Crippen LogP contribution is -2.56. The van der Waals surface area contributed by atoms with Crippen LogP contribution < -0.4 is 0 Å². The van der Waals surface area contributed by atoms with E-state index in [1.54, 1.807) is 13.8 Å². The van der Waals surface area contributed by atoms with E-state index < -0.39 is 11.5 Å². The highest BCUT2D eigenvalue weighted by atomic mass is 16.4. The Labute approximate surface area is 101 Å². The Hall–Kier alpha value is -1.39. The van der Waals surface area contributed by atoms with Gasteiger partial charge in [0.2, 0.25) is 11.8 Å². The zero-order valence-corrected chi connectivity index (χ0v) is 10.7. The number of imide groups is 1. The molecule has 1 aliphatic rings. The van der Waals surface area contributed by atoms with Crippen LogP contribution in [0.1, 0.15) is 47.0 Å². The lowest BCUT2D eigenvalue weighted by atomic mass is 9.80. The Bertz CT molecular complexity index is 351. The van der Waals surface area contributed by atoms with Crippen molar-refractivity contribution in [2.45, 2.75) is 52.5 Å². The van der Waals surface area contributed by atoms with Crippen molar-refractivity contribution in [2.24, 2.45) is 5.41 Å². The van der Waals surface area contributed by atoms with Crippen molar-refractivity contribution >= 4 is 17.8 Å². The molecule has 5 heteroatoms. The molecule has 0 unspecified atom stereocenters. The fraction of sp³-hybridized carbons (Fsp3) is 0.750. The van der Waals surface area contributed by atoms with Crippen molar-refractivity contribution in [1.82, 2.24) is 4.90 Å². The number of amides is 2. The van der Waals surface area contributed by atoms with Crippen LogP contribution in [0.4, 0.5) is 0 Å². The van der Waals surface area contributed by atoms with Crippen molar-refractivity contribution < 1.29 is 19.5 Å². The van der Waals surface area contributed by atoms with Gasteiger partial charge in [0.05, 0.1) is 12.0 Å². The summed E-state index contributed by atoms with van der Waals surface area (Å²) in [5, 5.41) is 8.81. The first-order chi connectivity index (χ1) is 7.55. The van der Waals surface area contributed by atoms with Gasteiger partial charge in [0, 0.05) is 12.8 Å². The molecule has 0 spiro atoms. The monoisotopic (exact) mass is 241 g/mol. The third kappa shape index (κ3) is 3.05. The number of hydrogen-bond donors (Lipinski definition) is 1. The molecular formula is C12H19NO4. The predicted molar refractivity (Wildman–Crippen MR) is 61.2 cm³/mol. The van der Waals surface area contributed by atoms with Gasteiger partial charge in [0.1, 0.15) is 0 Å². The highest BCUT2D eigenvalue weighted by Gasteiger charge is 2.44. The Morgan fingerprint density at radius 2 is 1.71 bits per heavy atom. The number of carbonyl (C=O) groups is 3. The molecule has 1 N–H and O–H groups in total. The van der Waals surface area contributed by atoms with Gasteiger partial charge in [-0.05, 0) is 19.3 Å². The van der Waals surface area contributed by atoms with Gasteiger partial charge in [0.15, 0.2) is 0 Å². The van der Waals surface area contributed by atoms with Crippen LogP contribution in [0.2, 0.25) is 0 Å². The summed E-state index contributed by atoms with van der Waals surface area (Å²) in [7, 11) is 0. The van der Waals surface area contributed by atoms with Gasteiger partial charge >= 0.3 is 5.97 Å². The van der Waals surface area contributed by atoms with Gasteiger partial charge in [-0.2, -0.15) is 0 Å². The minimum absolute atomic E-state index is 0.231. The number of carbonyl (C=O) groups excluding carboxylic acids is 2. The Kier molecular flexibility index (Phi) is 3.32. The van der Waals surface area contributed by atoms with Crippen molar-refractivity contribution in [3.63, 3.8) is 0 Å². The highest BCUT2D eigenvalue weighted by Crippen LogP contribution is 2.35. The van der Waals surface area contributed by atoms with E-state index in [-0.39, 0.29) is 36.5 Å². The van der Waals surface area contributed by atoms with E-state index in [4.69, 9.17) is 5.11 Å².